The summed E-state index contributed by atoms with van der Waals surface area (Å²) < 4.78 is 8.13. The summed E-state index contributed by atoms with van der Waals surface area (Å²) in [5.41, 5.74) is 0. The average molecular weight is 470 g/mol. The van der Waals surface area contributed by atoms with E-state index in [1.807, 2.05) is 18.2 Å². The van der Waals surface area contributed by atoms with Gasteiger partial charge in [0, 0.05) is 12.8 Å². The summed E-state index contributed by atoms with van der Waals surface area (Å²) in [5.74, 6) is 0.994. The molecular formula is C16H25BrINO2. The molecule has 1 fully saturated rings. The van der Waals surface area contributed by atoms with Crippen LogP contribution in [0.3, 0.4) is 0 Å². The maximum Gasteiger partial charge on any atom is 0.132 e. The number of aliphatic hydroxyl groups is 1. The lowest BCUT2D eigenvalue weighted by molar-refractivity contribution is -0.917. The lowest BCUT2D eigenvalue weighted by Crippen LogP contribution is -3.00. The van der Waals surface area contributed by atoms with Crippen molar-refractivity contribution in [2.75, 3.05) is 39.4 Å². The van der Waals surface area contributed by atoms with Crippen LogP contribution in [0.5, 0.6) is 5.75 Å². The van der Waals surface area contributed by atoms with Gasteiger partial charge in [-0.1, -0.05) is 12.1 Å². The van der Waals surface area contributed by atoms with Gasteiger partial charge in [0.25, 0.3) is 0 Å². The Morgan fingerprint density at radius 1 is 1.10 bits per heavy atom. The molecule has 0 amide bonds. The van der Waals surface area contributed by atoms with E-state index >= 15 is 0 Å². The Balaban J connectivity index is 0.00000220. The zero-order chi connectivity index (χ0) is 14.3. The first-order valence-electron chi connectivity index (χ1n) is 7.59. The van der Waals surface area contributed by atoms with Gasteiger partial charge < -0.3 is 31.3 Å². The van der Waals surface area contributed by atoms with E-state index in [-0.39, 0.29) is 17.0 Å². The summed E-state index contributed by atoms with van der Waals surface area (Å²) in [4.78, 5) is 0. The molecule has 0 bridgehead atoms. The number of unbranched alkanes of at least 4 members (excludes halogenated alkanes) is 1. The van der Waals surface area contributed by atoms with Crippen molar-refractivity contribution in [2.24, 2.45) is 0 Å². The second-order valence-electron chi connectivity index (χ2n) is 5.65. The predicted molar refractivity (Wildman–Crippen MR) is 89.9 cm³/mol. The second-order valence-corrected chi connectivity index (χ2v) is 6.81. The van der Waals surface area contributed by atoms with E-state index in [9.17, 15) is 5.11 Å². The van der Waals surface area contributed by atoms with Gasteiger partial charge in [0.15, 0.2) is 0 Å². The number of ether oxygens (including phenoxy) is 1. The van der Waals surface area contributed by atoms with Gasteiger partial charge in [-0.05, 0) is 47.6 Å². The molecule has 120 valence electrons. The number of hydrogen-bond donors (Lipinski definition) is 1. The molecule has 0 aromatic heterocycles. The van der Waals surface area contributed by atoms with Crippen LogP contribution in [-0.4, -0.2) is 49.0 Å². The van der Waals surface area contributed by atoms with Crippen molar-refractivity contribution in [3.8, 4) is 5.75 Å². The van der Waals surface area contributed by atoms with Crippen LogP contribution in [0.15, 0.2) is 24.3 Å². The summed E-state index contributed by atoms with van der Waals surface area (Å²) in [7, 11) is 0. The number of halogens is 2. The van der Waals surface area contributed by atoms with Crippen LogP contribution in [0.25, 0.3) is 0 Å². The average Bonchev–Trinajstić information content (AvgIpc) is 2.90. The Morgan fingerprint density at radius 2 is 1.81 bits per heavy atom. The van der Waals surface area contributed by atoms with Gasteiger partial charge in [-0.3, -0.25) is 0 Å². The van der Waals surface area contributed by atoms with Crippen LogP contribution in [-0.2, 0) is 0 Å². The fourth-order valence-electron chi connectivity index (χ4n) is 3.07. The Hall–Kier alpha value is 0.150. The minimum absolute atomic E-state index is 0. The molecule has 0 saturated carbocycles. The molecule has 1 saturated heterocycles. The monoisotopic (exact) mass is 469 g/mol. The third-order valence-corrected chi connectivity index (χ3v) is 5.10. The SMILES string of the molecule is OCC[N+]1(CCCCOc2ccccc2I)CCCC1.[Br-]. The highest BCUT2D eigenvalue weighted by atomic mass is 127. The molecule has 0 radical (unpaired) electrons. The van der Waals surface area contributed by atoms with Crippen molar-refractivity contribution >= 4 is 22.6 Å². The molecule has 1 aliphatic heterocycles. The smallest absolute Gasteiger partial charge is 0.132 e. The van der Waals surface area contributed by atoms with E-state index in [0.717, 1.165) is 29.8 Å². The maximum absolute atomic E-state index is 9.23. The second kappa shape index (κ2) is 10.0. The number of rotatable bonds is 8. The van der Waals surface area contributed by atoms with Crippen LogP contribution < -0.4 is 21.7 Å². The van der Waals surface area contributed by atoms with Crippen molar-refractivity contribution in [3.63, 3.8) is 0 Å². The van der Waals surface area contributed by atoms with Gasteiger partial charge in [0.05, 0.1) is 36.4 Å². The first kappa shape index (κ1) is 19.2. The lowest BCUT2D eigenvalue weighted by atomic mass is 10.2. The zero-order valence-electron chi connectivity index (χ0n) is 12.4. The maximum atomic E-state index is 9.23. The van der Waals surface area contributed by atoms with Crippen molar-refractivity contribution in [1.82, 2.24) is 0 Å². The zero-order valence-corrected chi connectivity index (χ0v) is 16.2. The largest absolute Gasteiger partial charge is 1.00 e. The highest BCUT2D eigenvalue weighted by Crippen LogP contribution is 2.21. The van der Waals surface area contributed by atoms with Gasteiger partial charge in [-0.25, -0.2) is 0 Å². The van der Waals surface area contributed by atoms with Crippen molar-refractivity contribution in [1.29, 1.82) is 0 Å². The highest BCUT2D eigenvalue weighted by molar-refractivity contribution is 14.1. The molecule has 1 heterocycles. The van der Waals surface area contributed by atoms with Crippen molar-refractivity contribution in [2.45, 2.75) is 25.7 Å². The number of para-hydroxylation sites is 1. The summed E-state index contributed by atoms with van der Waals surface area (Å²) in [6.07, 6.45) is 4.91. The van der Waals surface area contributed by atoms with E-state index in [0.29, 0.717) is 6.61 Å². The Labute approximate surface area is 152 Å². The van der Waals surface area contributed by atoms with Crippen LogP contribution in [0.4, 0.5) is 0 Å². The molecule has 1 aliphatic rings. The van der Waals surface area contributed by atoms with Gasteiger partial charge >= 0.3 is 0 Å². The van der Waals surface area contributed by atoms with Gasteiger partial charge in [-0.15, -0.1) is 0 Å². The van der Waals surface area contributed by atoms with Crippen LogP contribution in [0.2, 0.25) is 0 Å². The van der Waals surface area contributed by atoms with Crippen molar-refractivity contribution < 1.29 is 31.3 Å². The first-order valence-corrected chi connectivity index (χ1v) is 8.67. The van der Waals surface area contributed by atoms with E-state index in [4.69, 9.17) is 4.74 Å². The molecule has 1 aromatic carbocycles. The molecule has 2 rings (SSSR count). The number of aliphatic hydroxyl groups excluding tert-OH is 1. The molecule has 21 heavy (non-hydrogen) atoms. The Bertz CT molecular complexity index is 411. The predicted octanol–water partition coefficient (Wildman–Crippen LogP) is 0.0571. The third-order valence-electron chi connectivity index (χ3n) is 4.21. The molecule has 0 unspecified atom stereocenters. The topological polar surface area (TPSA) is 29.5 Å². The number of quaternary nitrogens is 1. The minimum atomic E-state index is 0. The molecule has 5 heteroatoms. The standard InChI is InChI=1S/C16H25INO2.BrH/c17-15-7-1-2-8-16(15)20-14-6-5-11-18(12-13-19)9-3-4-10-18;/h1-2,7-8,19H,3-6,9-14H2;1H/q+1;/p-1. The molecule has 1 N–H and O–H groups in total. The number of nitrogens with zero attached hydrogens (tertiary/aromatic N) is 1. The van der Waals surface area contributed by atoms with Crippen molar-refractivity contribution in [3.05, 3.63) is 27.8 Å². The molecule has 0 atom stereocenters. The normalized spacial score (nSPS) is 16.5. The Morgan fingerprint density at radius 3 is 2.48 bits per heavy atom. The van der Waals surface area contributed by atoms with Crippen LogP contribution in [0.1, 0.15) is 25.7 Å². The van der Waals surface area contributed by atoms with Gasteiger partial charge in [0.1, 0.15) is 12.3 Å². The molecular weight excluding hydrogens is 445 g/mol. The van der Waals surface area contributed by atoms with E-state index in [1.54, 1.807) is 0 Å². The van der Waals surface area contributed by atoms with Gasteiger partial charge in [0.2, 0.25) is 0 Å². The highest BCUT2D eigenvalue weighted by Gasteiger charge is 2.30. The summed E-state index contributed by atoms with van der Waals surface area (Å²) >= 11 is 2.31. The summed E-state index contributed by atoms with van der Waals surface area (Å²) in [5, 5.41) is 9.23. The van der Waals surface area contributed by atoms with E-state index in [2.05, 4.69) is 28.7 Å². The third kappa shape index (κ3) is 6.04. The summed E-state index contributed by atoms with van der Waals surface area (Å²) in [6.45, 7) is 5.72. The molecule has 0 aliphatic carbocycles. The van der Waals surface area contributed by atoms with E-state index in [1.165, 1.54) is 42.5 Å². The minimum Gasteiger partial charge on any atom is -1.00 e. The quantitative estimate of drug-likeness (QED) is 0.331. The summed E-state index contributed by atoms with van der Waals surface area (Å²) in [6, 6.07) is 8.15. The molecule has 1 aromatic rings. The van der Waals surface area contributed by atoms with Crippen LogP contribution >= 0.6 is 22.6 Å². The fourth-order valence-corrected chi connectivity index (χ4v) is 3.61. The number of hydrogen-bond acceptors (Lipinski definition) is 2. The Kier molecular flexibility index (Phi) is 9.16. The van der Waals surface area contributed by atoms with Crippen LogP contribution in [0, 0.1) is 3.57 Å². The molecule has 0 spiro atoms. The number of likely N-dealkylation sites (tertiary alicyclic amines) is 1. The van der Waals surface area contributed by atoms with E-state index < -0.39 is 0 Å². The first-order chi connectivity index (χ1) is 9.76. The molecule has 3 nitrogen and oxygen atoms in total. The lowest BCUT2D eigenvalue weighted by Gasteiger charge is -2.33. The van der Waals surface area contributed by atoms with Gasteiger partial charge in [-0.2, -0.15) is 0 Å². The number of benzene rings is 1. The fraction of sp³-hybridized carbons (Fsp3) is 0.625.